The number of amides is 7. The maximum atomic E-state index is 14.8. The van der Waals surface area contributed by atoms with Crippen molar-refractivity contribution >= 4 is 47.3 Å². The van der Waals surface area contributed by atoms with Gasteiger partial charge in [-0.05, 0) is 91.4 Å². The first kappa shape index (κ1) is 72.9. The van der Waals surface area contributed by atoms with Gasteiger partial charge in [0.25, 0.3) is 5.91 Å². The Bertz CT molecular complexity index is 3160. The number of aliphatic hydroxyl groups is 7. The Morgan fingerprint density at radius 3 is 1.68 bits per heavy atom. The fourth-order valence-electron chi connectivity index (χ4n) is 10.7. The van der Waals surface area contributed by atoms with Gasteiger partial charge in [0.05, 0.1) is 52.2 Å². The van der Waals surface area contributed by atoms with Gasteiger partial charge in [-0.3, -0.25) is 33.6 Å². The second kappa shape index (κ2) is 32.4. The number of carboxylic acid groups (broad SMARTS) is 1. The molecule has 4 aromatic carbocycles. The number of quaternary nitrogens is 1. The summed E-state index contributed by atoms with van der Waals surface area (Å²) >= 11 is 0. The number of aromatic hydroxyl groups is 1. The standard InChI is InChI=1S/C63H84N8O17.C2H4O2/c1-9-10-11-28-87-45-26-22-40(23-27-45)38-14-12-37(13-15-38)39-16-18-42(19-17-39)56(80)64-46-30-48(76)61(88-36(5)71(6,7)8)68-60(84)52-53(77)33(2)31-70(52)63(86)50(35(4)73)66-59(83)51(55(79)54(78)41-20-24-43(74)25-21-41)67-58(82)47-29-44(75)32-69(47)62(85)49(34(3)72)65-57(46)81;1-2(3)4/h12-27,33-36,44,46-55,61,72-73,75-79H,9-11,28-32H2,1-8H3,(H5-,64,65,66,67,68,74,80,81,82,83,84);1H3,(H,3,4)/t33-,34+,35+,36?,44+,46-,47-,48+,49?,50-,51?,52-,53-,54-,55-,61+;/m0./s1. The van der Waals surface area contributed by atoms with E-state index in [1.807, 2.05) is 48.5 Å². The van der Waals surface area contributed by atoms with Crippen molar-refractivity contribution in [3.63, 3.8) is 0 Å². The SMILES string of the molecule is CC(=O)[O-].CCCCCOc1ccc(-c2ccc(-c3ccc(C(=O)N[C@H]4C[C@@H](O)[C@@H](OC(C)[N+](C)(C)C)NC(=O)[C@@H]5[C@@H](O)[C@@H](C)CN5C(=O)[C@H]([C@@H](C)O)NC(=O)C([C@H](O)[C@@H](O)c5ccc(O)cc5)NC(=O)[C@@H]5C[C@@H](O)CN5C(=O)C([C@@H](C)O)NC4=O)cc3)cc2)cc1. The molecule has 27 heteroatoms. The summed E-state index contributed by atoms with van der Waals surface area (Å²) < 4.78 is 12.2. The van der Waals surface area contributed by atoms with Crippen molar-refractivity contribution in [3.8, 4) is 33.8 Å². The largest absolute Gasteiger partial charge is 0.550 e. The van der Waals surface area contributed by atoms with Gasteiger partial charge in [0, 0.05) is 50.3 Å². The predicted molar refractivity (Wildman–Crippen MR) is 330 cm³/mol. The zero-order valence-electron chi connectivity index (χ0n) is 53.0. The van der Waals surface area contributed by atoms with Gasteiger partial charge in [-0.25, -0.2) is 0 Å². The molecular formula is C65H88N8O19. The van der Waals surface area contributed by atoms with E-state index in [-0.39, 0.29) is 27.9 Å². The summed E-state index contributed by atoms with van der Waals surface area (Å²) in [6.45, 7) is 8.22. The highest BCUT2D eigenvalue weighted by Crippen LogP contribution is 2.30. The Kier molecular flexibility index (Phi) is 25.7. The fourth-order valence-corrected chi connectivity index (χ4v) is 10.7. The molecule has 0 bridgehead atoms. The Morgan fingerprint density at radius 2 is 1.16 bits per heavy atom. The number of aliphatic hydroxyl groups excluding tert-OH is 7. The van der Waals surface area contributed by atoms with E-state index in [9.17, 15) is 74.4 Å². The molecule has 3 heterocycles. The van der Waals surface area contributed by atoms with Crippen molar-refractivity contribution in [2.45, 2.75) is 165 Å². The molecule has 7 rings (SSSR count). The van der Waals surface area contributed by atoms with Crippen LogP contribution in [0.25, 0.3) is 22.3 Å². The Morgan fingerprint density at radius 1 is 0.663 bits per heavy atom. The minimum Gasteiger partial charge on any atom is -0.550 e. The van der Waals surface area contributed by atoms with E-state index in [2.05, 4.69) is 33.5 Å². The van der Waals surface area contributed by atoms with Crippen LogP contribution in [0.1, 0.15) is 95.7 Å². The van der Waals surface area contributed by atoms with Crippen LogP contribution in [0.2, 0.25) is 0 Å². The number of nitrogens with one attached hydrogen (secondary N) is 5. The first-order chi connectivity index (χ1) is 43.3. The van der Waals surface area contributed by atoms with Crippen molar-refractivity contribution in [1.29, 1.82) is 0 Å². The molecule has 0 radical (unpaired) electrons. The maximum Gasteiger partial charge on any atom is 0.251 e. The van der Waals surface area contributed by atoms with Crippen LogP contribution in [-0.4, -0.2) is 229 Å². The van der Waals surface area contributed by atoms with E-state index in [1.165, 1.54) is 43.3 Å². The molecule has 13 N–H and O–H groups in total. The van der Waals surface area contributed by atoms with Gasteiger partial charge < -0.3 is 101 Å². The van der Waals surface area contributed by atoms with Gasteiger partial charge in [-0.1, -0.05) is 87.4 Å². The summed E-state index contributed by atoms with van der Waals surface area (Å²) in [6, 6.07) is 15.2. The fraction of sp³-hybridized carbons (Fsp3) is 0.508. The third kappa shape index (κ3) is 19.0. The number of carbonyl (C=O) groups excluding carboxylic acids is 8. The Labute approximate surface area is 533 Å². The predicted octanol–water partition coefficient (Wildman–Crippen LogP) is -1.09. The lowest BCUT2D eigenvalue weighted by Crippen LogP contribution is -2.64. The van der Waals surface area contributed by atoms with Gasteiger partial charge in [0.2, 0.25) is 35.4 Å². The molecule has 16 atom stereocenters. The van der Waals surface area contributed by atoms with Crippen molar-refractivity contribution < 1.29 is 98.3 Å². The van der Waals surface area contributed by atoms with Gasteiger partial charge in [0.15, 0.2) is 12.5 Å². The average molecular weight is 1290 g/mol. The van der Waals surface area contributed by atoms with Crippen LogP contribution in [0, 0.1) is 5.92 Å². The van der Waals surface area contributed by atoms with E-state index >= 15 is 0 Å². The lowest BCUT2D eigenvalue weighted by molar-refractivity contribution is -0.918. The van der Waals surface area contributed by atoms with Crippen molar-refractivity contribution in [1.82, 2.24) is 36.4 Å². The number of rotatable bonds is 17. The van der Waals surface area contributed by atoms with Gasteiger partial charge in [-0.15, -0.1) is 0 Å². The molecule has 3 aliphatic heterocycles. The lowest BCUT2D eigenvalue weighted by Gasteiger charge is -2.37. The molecule has 3 fully saturated rings. The molecule has 3 aliphatic rings. The number of carbonyl (C=O) groups is 8. The minimum atomic E-state index is -2.29. The summed E-state index contributed by atoms with van der Waals surface area (Å²) in [6.07, 6.45) is -13.6. The highest BCUT2D eigenvalue weighted by molar-refractivity contribution is 6.00. The normalized spacial score (nSPS) is 26.2. The van der Waals surface area contributed by atoms with E-state index in [1.54, 1.807) is 40.2 Å². The van der Waals surface area contributed by atoms with Crippen LogP contribution >= 0.6 is 0 Å². The molecule has 3 unspecified atom stereocenters. The highest BCUT2D eigenvalue weighted by Gasteiger charge is 2.51. The molecule has 92 heavy (non-hydrogen) atoms. The number of ether oxygens (including phenoxy) is 2. The number of hydrogen-bond acceptors (Lipinski definition) is 19. The van der Waals surface area contributed by atoms with Crippen molar-refractivity contribution in [3.05, 3.63) is 108 Å². The van der Waals surface area contributed by atoms with Crippen molar-refractivity contribution in [2.24, 2.45) is 5.92 Å². The molecule has 0 aromatic heterocycles. The molecule has 0 saturated carbocycles. The number of hydrogen-bond donors (Lipinski definition) is 13. The first-order valence-corrected chi connectivity index (χ1v) is 30.6. The number of aliphatic carboxylic acids is 1. The van der Waals surface area contributed by atoms with E-state index in [4.69, 9.17) is 19.4 Å². The Balaban J connectivity index is 0.00000326. The van der Waals surface area contributed by atoms with Gasteiger partial charge in [0.1, 0.15) is 66.1 Å². The molecular weight excluding hydrogens is 1200 g/mol. The first-order valence-electron chi connectivity index (χ1n) is 30.6. The summed E-state index contributed by atoms with van der Waals surface area (Å²) in [5.41, 5.74) is 3.46. The van der Waals surface area contributed by atoms with Crippen LogP contribution in [-0.2, 0) is 38.3 Å². The maximum absolute atomic E-state index is 14.8. The number of carboxylic acids is 1. The second-order valence-corrected chi connectivity index (χ2v) is 24.6. The van der Waals surface area contributed by atoms with Gasteiger partial charge >= 0.3 is 0 Å². The summed E-state index contributed by atoms with van der Waals surface area (Å²) in [4.78, 5) is 113. The summed E-state index contributed by atoms with van der Waals surface area (Å²) in [5.74, 6) is -9.37. The lowest BCUT2D eigenvalue weighted by atomic mass is 9.96. The summed E-state index contributed by atoms with van der Waals surface area (Å²) in [7, 11) is 5.21. The third-order valence-corrected chi connectivity index (χ3v) is 16.5. The van der Waals surface area contributed by atoms with Crippen LogP contribution < -0.4 is 36.4 Å². The van der Waals surface area contributed by atoms with Crippen LogP contribution in [0.5, 0.6) is 11.5 Å². The zero-order chi connectivity index (χ0) is 68.1. The summed E-state index contributed by atoms with van der Waals surface area (Å²) in [5, 5.41) is 112. The number of phenols is 1. The van der Waals surface area contributed by atoms with Crippen molar-refractivity contribution in [2.75, 3.05) is 40.8 Å². The van der Waals surface area contributed by atoms with E-state index in [0.29, 0.717) is 6.61 Å². The number of phenolic OH excluding ortho intramolecular Hbond substituents is 1. The van der Waals surface area contributed by atoms with Crippen LogP contribution in [0.15, 0.2) is 97.1 Å². The second-order valence-electron chi connectivity index (χ2n) is 24.6. The molecule has 0 aliphatic carbocycles. The van der Waals surface area contributed by atoms with Crippen LogP contribution in [0.4, 0.5) is 0 Å². The molecule has 4 aromatic rings. The van der Waals surface area contributed by atoms with E-state index < -0.39 is 164 Å². The molecule has 3 saturated heterocycles. The number of fused-ring (bicyclic) bond motifs is 2. The molecule has 0 spiro atoms. The molecule has 7 amide bonds. The Hall–Kier alpha value is -8.12. The monoisotopic (exact) mass is 1280 g/mol. The quantitative estimate of drug-likeness (QED) is 0.0339. The third-order valence-electron chi connectivity index (χ3n) is 16.5. The molecule has 27 nitrogen and oxygen atoms in total. The minimum absolute atomic E-state index is 0.0430. The average Bonchev–Trinajstić information content (AvgIpc) is 1.61. The van der Waals surface area contributed by atoms with E-state index in [0.717, 1.165) is 77.8 Å². The number of unbranched alkanes of at least 4 members (excludes halogenated alkanes) is 2. The number of benzene rings is 4. The highest BCUT2D eigenvalue weighted by atomic mass is 16.5. The van der Waals surface area contributed by atoms with Gasteiger partial charge in [-0.2, -0.15) is 0 Å². The number of nitrogens with zero attached hydrogens (tertiary/aromatic N) is 3. The van der Waals surface area contributed by atoms with Crippen LogP contribution in [0.3, 0.4) is 0 Å². The molecule has 502 valence electrons. The zero-order valence-corrected chi connectivity index (χ0v) is 53.0. The smallest absolute Gasteiger partial charge is 0.251 e. The topological polar surface area (TPSA) is 407 Å².